The van der Waals surface area contributed by atoms with Gasteiger partial charge < -0.3 is 5.32 Å². The van der Waals surface area contributed by atoms with Gasteiger partial charge in [0.1, 0.15) is 0 Å². The van der Waals surface area contributed by atoms with Crippen LogP contribution in [0.15, 0.2) is 5.38 Å². The van der Waals surface area contributed by atoms with E-state index in [0.717, 1.165) is 13.0 Å². The van der Waals surface area contributed by atoms with Crippen molar-refractivity contribution in [2.45, 2.75) is 84.6 Å². The fourth-order valence-electron chi connectivity index (χ4n) is 2.67. The molecule has 0 aliphatic carbocycles. The summed E-state index contributed by atoms with van der Waals surface area (Å²) in [4.78, 5) is 4.59. The van der Waals surface area contributed by atoms with Gasteiger partial charge in [-0.05, 0) is 19.9 Å². The van der Waals surface area contributed by atoms with E-state index in [1.54, 1.807) is 11.3 Å². The Hall–Kier alpha value is -0.410. The monoisotopic (exact) mass is 296 g/mol. The lowest BCUT2D eigenvalue weighted by atomic mass is 10.0. The predicted molar refractivity (Wildman–Crippen MR) is 90.6 cm³/mol. The molecule has 0 saturated carbocycles. The Morgan fingerprint density at radius 2 is 1.80 bits per heavy atom. The molecule has 3 heteroatoms. The molecule has 1 unspecified atom stereocenters. The highest BCUT2D eigenvalue weighted by Gasteiger charge is 2.10. The third kappa shape index (κ3) is 8.01. The molecule has 0 amide bonds. The van der Waals surface area contributed by atoms with E-state index < -0.39 is 0 Å². The second-order valence-corrected chi connectivity index (χ2v) is 6.79. The minimum atomic E-state index is 0.608. The Morgan fingerprint density at radius 3 is 2.40 bits per heavy atom. The van der Waals surface area contributed by atoms with E-state index in [9.17, 15) is 0 Å². The van der Waals surface area contributed by atoms with Gasteiger partial charge in [-0.3, -0.25) is 0 Å². The van der Waals surface area contributed by atoms with Crippen molar-refractivity contribution >= 4 is 11.3 Å². The number of aromatic nitrogens is 1. The molecule has 2 nitrogen and oxygen atoms in total. The van der Waals surface area contributed by atoms with Crippen LogP contribution >= 0.6 is 11.3 Å². The van der Waals surface area contributed by atoms with Crippen LogP contribution in [-0.4, -0.2) is 17.6 Å². The van der Waals surface area contributed by atoms with E-state index in [4.69, 9.17) is 0 Å². The lowest BCUT2D eigenvalue weighted by molar-refractivity contribution is 0.456. The van der Waals surface area contributed by atoms with Gasteiger partial charge in [0.25, 0.3) is 0 Å². The van der Waals surface area contributed by atoms with Gasteiger partial charge in [0, 0.05) is 17.8 Å². The first kappa shape index (κ1) is 17.6. The second-order valence-electron chi connectivity index (χ2n) is 5.73. The molecule has 0 fully saturated rings. The largest absolute Gasteiger partial charge is 0.314 e. The van der Waals surface area contributed by atoms with Crippen LogP contribution in [0.2, 0.25) is 0 Å². The normalized spacial score (nSPS) is 12.8. The Labute approximate surface area is 129 Å². The first-order chi connectivity index (χ1) is 9.76. The second kappa shape index (κ2) is 11.3. The topological polar surface area (TPSA) is 24.9 Å². The van der Waals surface area contributed by atoms with Crippen molar-refractivity contribution in [2.75, 3.05) is 6.54 Å². The molecular weight excluding hydrogens is 264 g/mol. The number of thiazole rings is 1. The summed E-state index contributed by atoms with van der Waals surface area (Å²) < 4.78 is 0. The van der Waals surface area contributed by atoms with E-state index in [0.29, 0.717) is 6.04 Å². The quantitative estimate of drug-likeness (QED) is 0.542. The third-order valence-electron chi connectivity index (χ3n) is 3.77. The average Bonchev–Trinajstić information content (AvgIpc) is 2.83. The highest BCUT2D eigenvalue weighted by Crippen LogP contribution is 2.14. The van der Waals surface area contributed by atoms with Gasteiger partial charge >= 0.3 is 0 Å². The zero-order chi connectivity index (χ0) is 14.6. The predicted octanol–water partition coefficient (Wildman–Crippen LogP) is 5.11. The van der Waals surface area contributed by atoms with Gasteiger partial charge in [0.05, 0.1) is 10.7 Å². The van der Waals surface area contributed by atoms with Crippen LogP contribution in [0, 0.1) is 6.92 Å². The smallest absolute Gasteiger partial charge is 0.0897 e. The van der Waals surface area contributed by atoms with Crippen molar-refractivity contribution in [3.05, 3.63) is 16.1 Å². The molecule has 0 bridgehead atoms. The van der Waals surface area contributed by atoms with Crippen molar-refractivity contribution in [3.63, 3.8) is 0 Å². The lowest BCUT2D eigenvalue weighted by Crippen LogP contribution is -2.31. The summed E-state index contributed by atoms with van der Waals surface area (Å²) in [6.45, 7) is 7.63. The van der Waals surface area contributed by atoms with Crippen LogP contribution in [0.5, 0.6) is 0 Å². The number of unbranched alkanes of at least 4 members (excludes halogenated alkanes) is 6. The molecule has 1 atom stereocenters. The molecule has 0 aliphatic rings. The molecule has 0 aliphatic heterocycles. The van der Waals surface area contributed by atoms with Crippen LogP contribution < -0.4 is 5.32 Å². The molecule has 0 aromatic carbocycles. The highest BCUT2D eigenvalue weighted by atomic mass is 32.1. The number of nitrogens with one attached hydrogen (secondary N) is 1. The molecule has 0 radical (unpaired) electrons. The van der Waals surface area contributed by atoms with E-state index in [-0.39, 0.29) is 0 Å². The van der Waals surface area contributed by atoms with E-state index >= 15 is 0 Å². The molecule has 20 heavy (non-hydrogen) atoms. The molecule has 1 heterocycles. The molecule has 1 aromatic heterocycles. The number of rotatable bonds is 12. The summed E-state index contributed by atoms with van der Waals surface area (Å²) >= 11 is 1.77. The molecule has 1 N–H and O–H groups in total. The standard InChI is InChI=1S/C17H32N2S/c1-4-6-7-8-9-10-11-12-16(18-5-2)13-17-14-20-15(3)19-17/h14,16,18H,4-13H2,1-3H3. The average molecular weight is 297 g/mol. The summed E-state index contributed by atoms with van der Waals surface area (Å²) in [6.07, 6.45) is 12.1. The summed E-state index contributed by atoms with van der Waals surface area (Å²) in [7, 11) is 0. The SMILES string of the molecule is CCCCCCCCCC(Cc1csc(C)n1)NCC. The molecule has 0 saturated heterocycles. The third-order valence-corrected chi connectivity index (χ3v) is 4.59. The molecule has 0 spiro atoms. The maximum Gasteiger partial charge on any atom is 0.0897 e. The maximum absolute atomic E-state index is 4.59. The van der Waals surface area contributed by atoms with Gasteiger partial charge in [0.2, 0.25) is 0 Å². The lowest BCUT2D eigenvalue weighted by Gasteiger charge is -2.16. The Bertz CT molecular complexity index is 335. The summed E-state index contributed by atoms with van der Waals surface area (Å²) in [5.41, 5.74) is 1.27. The van der Waals surface area contributed by atoms with Crippen molar-refractivity contribution in [2.24, 2.45) is 0 Å². The van der Waals surface area contributed by atoms with Crippen molar-refractivity contribution < 1.29 is 0 Å². The number of hydrogen-bond donors (Lipinski definition) is 1. The van der Waals surface area contributed by atoms with Gasteiger partial charge in [-0.25, -0.2) is 4.98 Å². The first-order valence-corrected chi connectivity index (χ1v) is 9.28. The van der Waals surface area contributed by atoms with E-state index in [1.165, 1.54) is 62.1 Å². The Balaban J connectivity index is 2.15. The van der Waals surface area contributed by atoms with E-state index in [2.05, 4.69) is 36.5 Å². The highest BCUT2D eigenvalue weighted by molar-refractivity contribution is 7.09. The summed E-state index contributed by atoms with van der Waals surface area (Å²) in [5.74, 6) is 0. The van der Waals surface area contributed by atoms with Crippen molar-refractivity contribution in [1.82, 2.24) is 10.3 Å². The van der Waals surface area contributed by atoms with Crippen LogP contribution in [0.1, 0.15) is 75.9 Å². The summed E-state index contributed by atoms with van der Waals surface area (Å²) in [6, 6.07) is 0.608. The van der Waals surface area contributed by atoms with Crippen LogP contribution in [-0.2, 0) is 6.42 Å². The van der Waals surface area contributed by atoms with Gasteiger partial charge in [-0.15, -0.1) is 11.3 Å². The first-order valence-electron chi connectivity index (χ1n) is 8.40. The molecular formula is C17H32N2S. The Kier molecular flexibility index (Phi) is 9.94. The van der Waals surface area contributed by atoms with Gasteiger partial charge in [-0.1, -0.05) is 58.8 Å². The van der Waals surface area contributed by atoms with Crippen molar-refractivity contribution in [1.29, 1.82) is 0 Å². The van der Waals surface area contributed by atoms with Crippen molar-refractivity contribution in [3.8, 4) is 0 Å². The van der Waals surface area contributed by atoms with Gasteiger partial charge in [0.15, 0.2) is 0 Å². The molecule has 116 valence electrons. The number of hydrogen-bond acceptors (Lipinski definition) is 3. The zero-order valence-corrected chi connectivity index (χ0v) is 14.4. The molecule has 1 aromatic rings. The van der Waals surface area contributed by atoms with E-state index in [1.807, 2.05) is 0 Å². The fourth-order valence-corrected chi connectivity index (χ4v) is 3.29. The molecule has 1 rings (SSSR count). The number of likely N-dealkylation sites (N-methyl/N-ethyl adjacent to an activating group) is 1. The fraction of sp³-hybridized carbons (Fsp3) is 0.824. The van der Waals surface area contributed by atoms with Gasteiger partial charge in [-0.2, -0.15) is 0 Å². The minimum Gasteiger partial charge on any atom is -0.314 e. The zero-order valence-electron chi connectivity index (χ0n) is 13.6. The number of aryl methyl sites for hydroxylation is 1. The summed E-state index contributed by atoms with van der Waals surface area (Å²) in [5, 5.41) is 7.02. The minimum absolute atomic E-state index is 0.608. The maximum atomic E-state index is 4.59. The number of nitrogens with zero attached hydrogens (tertiary/aromatic N) is 1. The van der Waals surface area contributed by atoms with Crippen LogP contribution in [0.25, 0.3) is 0 Å². The Morgan fingerprint density at radius 1 is 1.10 bits per heavy atom. The van der Waals surface area contributed by atoms with Crippen LogP contribution in [0.4, 0.5) is 0 Å². The van der Waals surface area contributed by atoms with Crippen LogP contribution in [0.3, 0.4) is 0 Å².